The van der Waals surface area contributed by atoms with Gasteiger partial charge in [-0.25, -0.2) is 8.42 Å². The highest BCUT2D eigenvalue weighted by molar-refractivity contribution is 7.92. The molecular weight excluding hydrogens is 376 g/mol. The van der Waals surface area contributed by atoms with E-state index >= 15 is 0 Å². The Bertz CT molecular complexity index is 980. The maximum atomic E-state index is 12.3. The van der Waals surface area contributed by atoms with Gasteiger partial charge < -0.3 is 19.6 Å². The predicted molar refractivity (Wildman–Crippen MR) is 100 cm³/mol. The molecule has 0 unspecified atom stereocenters. The Kier molecular flexibility index (Phi) is 5.24. The molecule has 0 aliphatic carbocycles. The van der Waals surface area contributed by atoms with E-state index in [1.807, 2.05) is 6.07 Å². The van der Waals surface area contributed by atoms with Gasteiger partial charge >= 0.3 is 0 Å². The summed E-state index contributed by atoms with van der Waals surface area (Å²) in [5.41, 5.74) is 0.651. The molecule has 0 aliphatic rings. The van der Waals surface area contributed by atoms with Crippen LogP contribution in [0.15, 0.2) is 62.6 Å². The van der Waals surface area contributed by atoms with Crippen molar-refractivity contribution in [3.8, 4) is 0 Å². The predicted octanol–water partition coefficient (Wildman–Crippen LogP) is 2.86. The van der Waals surface area contributed by atoms with Gasteiger partial charge in [-0.1, -0.05) is 5.16 Å². The number of hydrogen-bond donors (Lipinski definition) is 3. The molecule has 10 heteroatoms. The minimum Gasteiger partial charge on any atom is -0.467 e. The van der Waals surface area contributed by atoms with Crippen molar-refractivity contribution in [1.29, 1.82) is 0 Å². The highest BCUT2D eigenvalue weighted by Crippen LogP contribution is 2.18. The monoisotopic (exact) mass is 392 g/mol. The van der Waals surface area contributed by atoms with Gasteiger partial charge in [0.2, 0.25) is 0 Å². The van der Waals surface area contributed by atoms with E-state index in [0.717, 1.165) is 5.76 Å². The van der Waals surface area contributed by atoms with Gasteiger partial charge in [0.05, 0.1) is 17.7 Å². The molecule has 136 valence electrons. The van der Waals surface area contributed by atoms with E-state index in [1.165, 1.54) is 18.2 Å². The maximum absolute atomic E-state index is 12.3. The van der Waals surface area contributed by atoms with E-state index in [0.29, 0.717) is 23.1 Å². The zero-order chi connectivity index (χ0) is 18.6. The largest absolute Gasteiger partial charge is 0.467 e. The number of furan rings is 1. The molecule has 3 N–H and O–H groups in total. The van der Waals surface area contributed by atoms with Crippen LogP contribution in [0.4, 0.5) is 11.5 Å². The Morgan fingerprint density at radius 2 is 2.00 bits per heavy atom. The molecule has 8 nitrogen and oxygen atoms in total. The average molecular weight is 392 g/mol. The summed E-state index contributed by atoms with van der Waals surface area (Å²) in [4.78, 5) is 0.0955. The van der Waals surface area contributed by atoms with Crippen LogP contribution in [-0.4, -0.2) is 18.7 Å². The molecule has 0 aliphatic heterocycles. The molecule has 2 heterocycles. The van der Waals surface area contributed by atoms with Gasteiger partial charge in [-0.05, 0) is 55.5 Å². The number of sulfonamides is 1. The topological polar surface area (TPSA) is 109 Å². The molecule has 0 atom stereocenters. The van der Waals surface area contributed by atoms with Crippen molar-refractivity contribution in [1.82, 2.24) is 10.5 Å². The summed E-state index contributed by atoms with van der Waals surface area (Å²) in [7, 11) is -3.75. The lowest BCUT2D eigenvalue weighted by molar-refractivity contribution is 0.400. The molecular formula is C16H16N4O4S2. The fraction of sp³-hybridized carbons (Fsp3) is 0.125. The van der Waals surface area contributed by atoms with Gasteiger partial charge in [-0.15, -0.1) is 0 Å². The normalized spacial score (nSPS) is 11.1. The van der Waals surface area contributed by atoms with Crippen LogP contribution < -0.4 is 15.4 Å². The molecule has 1 aromatic carbocycles. The Morgan fingerprint density at radius 3 is 2.62 bits per heavy atom. The van der Waals surface area contributed by atoms with Gasteiger partial charge in [-0.3, -0.25) is 4.72 Å². The summed E-state index contributed by atoms with van der Waals surface area (Å²) in [5, 5.41) is 9.97. The van der Waals surface area contributed by atoms with Crippen LogP contribution in [0.1, 0.15) is 11.5 Å². The molecule has 26 heavy (non-hydrogen) atoms. The second-order valence-corrected chi connectivity index (χ2v) is 7.43. The molecule has 0 fully saturated rings. The number of aryl methyl sites for hydroxylation is 1. The molecule has 2 aromatic heterocycles. The average Bonchev–Trinajstić information content (AvgIpc) is 3.25. The SMILES string of the molecule is Cc1cc(NS(=O)(=O)c2ccc(NC(=S)NCc3ccco3)cc2)no1. The third-order valence-corrected chi connectivity index (χ3v) is 4.91. The van der Waals surface area contributed by atoms with Crippen LogP contribution in [0.5, 0.6) is 0 Å². The van der Waals surface area contributed by atoms with Crippen molar-refractivity contribution >= 4 is 38.9 Å². The minimum atomic E-state index is -3.75. The van der Waals surface area contributed by atoms with E-state index < -0.39 is 10.0 Å². The van der Waals surface area contributed by atoms with Crippen molar-refractivity contribution in [2.45, 2.75) is 18.4 Å². The van der Waals surface area contributed by atoms with E-state index in [2.05, 4.69) is 20.5 Å². The van der Waals surface area contributed by atoms with Crippen LogP contribution in [0.25, 0.3) is 0 Å². The number of rotatable bonds is 6. The zero-order valence-corrected chi connectivity index (χ0v) is 15.4. The Labute approximate surface area is 155 Å². The second kappa shape index (κ2) is 7.58. The zero-order valence-electron chi connectivity index (χ0n) is 13.7. The number of hydrogen-bond acceptors (Lipinski definition) is 6. The molecule has 0 spiro atoms. The summed E-state index contributed by atoms with van der Waals surface area (Å²) in [6.45, 7) is 2.13. The summed E-state index contributed by atoms with van der Waals surface area (Å²) in [6, 6.07) is 11.3. The molecule has 3 rings (SSSR count). The summed E-state index contributed by atoms with van der Waals surface area (Å²) in [5.74, 6) is 1.40. The lowest BCUT2D eigenvalue weighted by Crippen LogP contribution is -2.27. The summed E-state index contributed by atoms with van der Waals surface area (Å²) >= 11 is 5.19. The fourth-order valence-corrected chi connectivity index (χ4v) is 3.26. The molecule has 0 saturated carbocycles. The Hall–Kier alpha value is -2.85. The number of benzene rings is 1. The highest BCUT2D eigenvalue weighted by atomic mass is 32.2. The lowest BCUT2D eigenvalue weighted by Gasteiger charge is -2.10. The first-order chi connectivity index (χ1) is 12.4. The van der Waals surface area contributed by atoms with Crippen LogP contribution in [-0.2, 0) is 16.6 Å². The van der Waals surface area contributed by atoms with Crippen molar-refractivity contribution in [3.05, 3.63) is 60.2 Å². The number of thiocarbonyl (C=S) groups is 1. The first-order valence-electron chi connectivity index (χ1n) is 7.56. The minimum absolute atomic E-state index is 0.0955. The first-order valence-corrected chi connectivity index (χ1v) is 9.45. The van der Waals surface area contributed by atoms with Gasteiger partial charge in [0.1, 0.15) is 11.5 Å². The third kappa shape index (κ3) is 4.61. The number of nitrogens with one attached hydrogen (secondary N) is 3. The third-order valence-electron chi connectivity index (χ3n) is 3.29. The number of aromatic nitrogens is 1. The lowest BCUT2D eigenvalue weighted by atomic mass is 10.3. The first kappa shape index (κ1) is 18.0. The fourth-order valence-electron chi connectivity index (χ4n) is 2.08. The van der Waals surface area contributed by atoms with Crippen molar-refractivity contribution in [2.75, 3.05) is 10.0 Å². The molecule has 0 amide bonds. The Balaban J connectivity index is 1.59. The van der Waals surface area contributed by atoms with Crippen molar-refractivity contribution < 1.29 is 17.4 Å². The van der Waals surface area contributed by atoms with Crippen LogP contribution in [0, 0.1) is 6.92 Å². The van der Waals surface area contributed by atoms with Crippen LogP contribution in [0.3, 0.4) is 0 Å². The molecule has 0 radical (unpaired) electrons. The van der Waals surface area contributed by atoms with Gasteiger partial charge in [0, 0.05) is 11.8 Å². The van der Waals surface area contributed by atoms with Crippen LogP contribution >= 0.6 is 12.2 Å². The summed E-state index contributed by atoms with van der Waals surface area (Å²) < 4.78 is 37.0. The standard InChI is InChI=1S/C16H16N4O4S2/c1-11-9-15(19-24-11)20-26(21,22)14-6-4-12(5-7-14)18-16(25)17-10-13-3-2-8-23-13/h2-9H,10H2,1H3,(H,19,20)(H2,17,18,25). The quantitative estimate of drug-likeness (QED) is 0.550. The van der Waals surface area contributed by atoms with Crippen molar-refractivity contribution in [3.63, 3.8) is 0 Å². The van der Waals surface area contributed by atoms with Crippen molar-refractivity contribution in [2.24, 2.45) is 0 Å². The van der Waals surface area contributed by atoms with Gasteiger partial charge in [0.15, 0.2) is 10.9 Å². The van der Waals surface area contributed by atoms with E-state index in [1.54, 1.807) is 31.4 Å². The molecule has 3 aromatic rings. The van der Waals surface area contributed by atoms with E-state index in [4.69, 9.17) is 21.2 Å². The van der Waals surface area contributed by atoms with E-state index in [9.17, 15) is 8.42 Å². The summed E-state index contributed by atoms with van der Waals surface area (Å²) in [6.07, 6.45) is 1.58. The number of nitrogens with zero attached hydrogens (tertiary/aromatic N) is 1. The van der Waals surface area contributed by atoms with Gasteiger partial charge in [-0.2, -0.15) is 0 Å². The molecule has 0 saturated heterocycles. The highest BCUT2D eigenvalue weighted by Gasteiger charge is 2.16. The van der Waals surface area contributed by atoms with Crippen LogP contribution in [0.2, 0.25) is 0 Å². The smallest absolute Gasteiger partial charge is 0.263 e. The second-order valence-electron chi connectivity index (χ2n) is 5.34. The molecule has 0 bridgehead atoms. The Morgan fingerprint density at radius 1 is 1.23 bits per heavy atom. The van der Waals surface area contributed by atoms with Gasteiger partial charge in [0.25, 0.3) is 10.0 Å². The number of anilines is 2. The van der Waals surface area contributed by atoms with E-state index in [-0.39, 0.29) is 10.7 Å². The maximum Gasteiger partial charge on any atom is 0.263 e.